The number of methoxy groups -OCH3 is 1. The van der Waals surface area contributed by atoms with E-state index in [1.165, 1.54) is 6.33 Å². The number of carbonyl (C=O) groups is 2. The van der Waals surface area contributed by atoms with E-state index in [0.717, 1.165) is 5.56 Å². The van der Waals surface area contributed by atoms with Gasteiger partial charge < -0.3 is 19.7 Å². The van der Waals surface area contributed by atoms with Gasteiger partial charge in [0.2, 0.25) is 11.8 Å². The van der Waals surface area contributed by atoms with E-state index in [1.54, 1.807) is 23.0 Å². The maximum absolute atomic E-state index is 13.1. The van der Waals surface area contributed by atoms with Crippen LogP contribution in [0.1, 0.15) is 5.56 Å². The highest BCUT2D eigenvalue weighted by Crippen LogP contribution is 2.52. The van der Waals surface area contributed by atoms with Crippen molar-refractivity contribution in [2.75, 3.05) is 32.1 Å². The molecule has 2 amide bonds. The van der Waals surface area contributed by atoms with Gasteiger partial charge in [0, 0.05) is 19.3 Å². The number of rotatable bonds is 7. The van der Waals surface area contributed by atoms with Crippen LogP contribution in [0.25, 0.3) is 0 Å². The summed E-state index contributed by atoms with van der Waals surface area (Å²) in [6.07, 6.45) is 6.65. The molecule has 3 aliphatic rings. The van der Waals surface area contributed by atoms with Gasteiger partial charge in [-0.15, -0.1) is 0 Å². The first-order chi connectivity index (χ1) is 14.6. The van der Waals surface area contributed by atoms with Gasteiger partial charge in [-0.3, -0.25) is 9.59 Å². The second kappa shape index (κ2) is 7.33. The number of anilines is 1. The maximum atomic E-state index is 13.1. The molecule has 9 nitrogen and oxygen atoms in total. The molecule has 1 spiro atoms. The minimum Gasteiger partial charge on any atom is -0.383 e. The van der Waals surface area contributed by atoms with Crippen molar-refractivity contribution in [3.63, 3.8) is 0 Å². The predicted octanol–water partition coefficient (Wildman–Crippen LogP) is 0.693. The molecular weight excluding hydrogens is 386 g/mol. The van der Waals surface area contributed by atoms with E-state index in [-0.39, 0.29) is 17.9 Å². The number of hydrogen-bond donors (Lipinski definition) is 1. The van der Waals surface area contributed by atoms with Crippen LogP contribution in [0.3, 0.4) is 0 Å². The van der Waals surface area contributed by atoms with Crippen LogP contribution in [0.2, 0.25) is 0 Å². The molecule has 156 valence electrons. The molecule has 30 heavy (non-hydrogen) atoms. The van der Waals surface area contributed by atoms with Crippen LogP contribution in [-0.4, -0.2) is 70.0 Å². The molecular formula is C21H23N5O4. The Kier molecular flexibility index (Phi) is 4.63. The van der Waals surface area contributed by atoms with Gasteiger partial charge in [-0.2, -0.15) is 5.10 Å². The molecule has 3 aliphatic heterocycles. The highest BCUT2D eigenvalue weighted by Gasteiger charge is 2.66. The Morgan fingerprint density at radius 1 is 1.37 bits per heavy atom. The van der Waals surface area contributed by atoms with Gasteiger partial charge in [-0.25, -0.2) is 9.67 Å². The van der Waals surface area contributed by atoms with Crippen molar-refractivity contribution in [1.82, 2.24) is 19.7 Å². The topological polar surface area (TPSA) is 98.6 Å². The van der Waals surface area contributed by atoms with E-state index >= 15 is 0 Å². The van der Waals surface area contributed by atoms with E-state index in [4.69, 9.17) is 9.47 Å². The summed E-state index contributed by atoms with van der Waals surface area (Å²) in [6, 6.07) is 7.57. The van der Waals surface area contributed by atoms with Gasteiger partial charge in [0.25, 0.3) is 0 Å². The SMILES string of the molecule is COCCN1C[C@@]23C=C[C@@H](O2)[C@H](C(=O)Nc2ccc(Cn4cncn4)cc2)[C@H]3C1=O. The summed E-state index contributed by atoms with van der Waals surface area (Å²) in [7, 11) is 1.61. The van der Waals surface area contributed by atoms with Crippen molar-refractivity contribution in [3.8, 4) is 0 Å². The predicted molar refractivity (Wildman–Crippen MR) is 106 cm³/mol. The summed E-state index contributed by atoms with van der Waals surface area (Å²) in [5.74, 6) is -1.26. The number of nitrogens with zero attached hydrogens (tertiary/aromatic N) is 4. The summed E-state index contributed by atoms with van der Waals surface area (Å²) in [4.78, 5) is 31.8. The van der Waals surface area contributed by atoms with Crippen molar-refractivity contribution >= 4 is 17.5 Å². The summed E-state index contributed by atoms with van der Waals surface area (Å²) >= 11 is 0. The van der Waals surface area contributed by atoms with E-state index in [2.05, 4.69) is 15.4 Å². The fourth-order valence-electron chi connectivity index (χ4n) is 4.69. The van der Waals surface area contributed by atoms with Crippen LogP contribution in [0.15, 0.2) is 49.1 Å². The lowest BCUT2D eigenvalue weighted by Crippen LogP contribution is -2.41. The molecule has 1 N–H and O–H groups in total. The zero-order valence-corrected chi connectivity index (χ0v) is 16.6. The second-order valence-corrected chi connectivity index (χ2v) is 7.93. The van der Waals surface area contributed by atoms with Crippen molar-refractivity contribution in [2.24, 2.45) is 11.8 Å². The molecule has 0 saturated carbocycles. The largest absolute Gasteiger partial charge is 0.383 e. The number of fused-ring (bicyclic) bond motifs is 1. The monoisotopic (exact) mass is 409 g/mol. The Morgan fingerprint density at radius 3 is 2.93 bits per heavy atom. The van der Waals surface area contributed by atoms with Gasteiger partial charge in [0.1, 0.15) is 18.3 Å². The molecule has 4 atom stereocenters. The minimum atomic E-state index is -0.695. The second-order valence-electron chi connectivity index (χ2n) is 7.93. The molecule has 1 aromatic heterocycles. The number of hydrogen-bond acceptors (Lipinski definition) is 6. The third-order valence-corrected chi connectivity index (χ3v) is 6.08. The normalized spacial score (nSPS) is 28.9. The summed E-state index contributed by atoms with van der Waals surface area (Å²) < 4.78 is 13.0. The fraction of sp³-hybridized carbons (Fsp3) is 0.429. The third-order valence-electron chi connectivity index (χ3n) is 6.08. The molecule has 0 unspecified atom stereocenters. The van der Waals surface area contributed by atoms with Crippen LogP contribution in [-0.2, 0) is 25.6 Å². The number of ether oxygens (including phenoxy) is 2. The van der Waals surface area contributed by atoms with E-state index < -0.39 is 17.4 Å². The standard InChI is InChI=1S/C21H23N5O4/c1-29-9-8-25-11-21-7-6-16(30-21)17(18(21)20(25)28)19(27)24-15-4-2-14(3-5-15)10-26-13-22-12-23-26/h2-7,12-13,16-18H,8-11H2,1H3,(H,24,27)/t16-,17+,18+,21-/m1/s1. The van der Waals surface area contributed by atoms with Crippen LogP contribution in [0, 0.1) is 11.8 Å². The lowest BCUT2D eigenvalue weighted by Gasteiger charge is -2.23. The van der Waals surface area contributed by atoms with E-state index in [1.807, 2.05) is 36.4 Å². The first-order valence-electron chi connectivity index (χ1n) is 9.97. The van der Waals surface area contributed by atoms with Crippen LogP contribution >= 0.6 is 0 Å². The number of benzene rings is 1. The summed E-state index contributed by atoms with van der Waals surface area (Å²) in [6.45, 7) is 2.03. The van der Waals surface area contributed by atoms with Crippen molar-refractivity contribution in [1.29, 1.82) is 0 Å². The lowest BCUT2D eigenvalue weighted by atomic mass is 9.77. The summed E-state index contributed by atoms with van der Waals surface area (Å²) in [5, 5.41) is 7.05. The van der Waals surface area contributed by atoms with Crippen molar-refractivity contribution < 1.29 is 19.1 Å². The lowest BCUT2D eigenvalue weighted by molar-refractivity contribution is -0.136. The quantitative estimate of drug-likeness (QED) is 0.676. The smallest absolute Gasteiger partial charge is 0.231 e. The first kappa shape index (κ1) is 19.0. The van der Waals surface area contributed by atoms with Crippen LogP contribution in [0.5, 0.6) is 0 Å². The Balaban J connectivity index is 1.28. The molecule has 2 saturated heterocycles. The zero-order chi connectivity index (χ0) is 20.7. The molecule has 0 aliphatic carbocycles. The highest BCUT2D eigenvalue weighted by atomic mass is 16.5. The third kappa shape index (κ3) is 3.10. The molecule has 2 fully saturated rings. The Morgan fingerprint density at radius 2 is 2.20 bits per heavy atom. The number of aromatic nitrogens is 3. The Bertz CT molecular complexity index is 974. The summed E-state index contributed by atoms with van der Waals surface area (Å²) in [5.41, 5.74) is 1.03. The van der Waals surface area contributed by atoms with Gasteiger partial charge in [0.15, 0.2) is 0 Å². The van der Waals surface area contributed by atoms with Crippen LogP contribution < -0.4 is 5.32 Å². The molecule has 2 bridgehead atoms. The van der Waals surface area contributed by atoms with Crippen molar-refractivity contribution in [2.45, 2.75) is 18.2 Å². The van der Waals surface area contributed by atoms with E-state index in [9.17, 15) is 9.59 Å². The molecule has 5 rings (SSSR count). The van der Waals surface area contributed by atoms with Gasteiger partial charge in [-0.1, -0.05) is 24.3 Å². The number of carbonyl (C=O) groups excluding carboxylic acids is 2. The van der Waals surface area contributed by atoms with Gasteiger partial charge >= 0.3 is 0 Å². The first-order valence-corrected chi connectivity index (χ1v) is 9.97. The molecule has 0 radical (unpaired) electrons. The molecule has 2 aromatic rings. The van der Waals surface area contributed by atoms with Crippen LogP contribution in [0.4, 0.5) is 5.69 Å². The number of nitrogens with one attached hydrogen (secondary N) is 1. The molecule has 1 aromatic carbocycles. The maximum Gasteiger partial charge on any atom is 0.231 e. The Labute approximate surface area is 173 Å². The van der Waals surface area contributed by atoms with E-state index in [0.29, 0.717) is 31.9 Å². The van der Waals surface area contributed by atoms with Crippen molar-refractivity contribution in [3.05, 3.63) is 54.6 Å². The average molecular weight is 409 g/mol. The minimum absolute atomic E-state index is 0.0396. The molecule has 9 heteroatoms. The van der Waals surface area contributed by atoms with Gasteiger partial charge in [0.05, 0.1) is 37.6 Å². The fourth-order valence-corrected chi connectivity index (χ4v) is 4.69. The van der Waals surface area contributed by atoms with Gasteiger partial charge in [-0.05, 0) is 17.7 Å². The average Bonchev–Trinajstić information content (AvgIpc) is 3.51. The highest BCUT2D eigenvalue weighted by molar-refractivity contribution is 5.99. The number of likely N-dealkylation sites (tertiary alicyclic amines) is 1. The zero-order valence-electron chi connectivity index (χ0n) is 16.6. The molecule has 4 heterocycles. The Hall–Kier alpha value is -3.04. The number of amides is 2.